The van der Waals surface area contributed by atoms with Gasteiger partial charge in [0.2, 0.25) is 0 Å². The maximum absolute atomic E-state index is 11.4. The summed E-state index contributed by atoms with van der Waals surface area (Å²) in [6.07, 6.45) is 0.0304. The number of nitrogens with zero attached hydrogens (tertiary/aromatic N) is 1. The highest BCUT2D eigenvalue weighted by Crippen LogP contribution is 2.28. The molecular formula is C11H10ClNO5. The molecule has 1 rings (SSSR count). The van der Waals surface area contributed by atoms with Gasteiger partial charge in [-0.1, -0.05) is 11.6 Å². The Labute approximate surface area is 108 Å². The van der Waals surface area contributed by atoms with Gasteiger partial charge >= 0.3 is 5.97 Å². The number of aldehydes is 1. The lowest BCUT2D eigenvalue weighted by molar-refractivity contribution is -0.385. The summed E-state index contributed by atoms with van der Waals surface area (Å²) in [5.41, 5.74) is -0.408. The predicted molar refractivity (Wildman–Crippen MR) is 63.8 cm³/mol. The maximum atomic E-state index is 11.4. The van der Waals surface area contributed by atoms with Crippen molar-refractivity contribution in [2.75, 3.05) is 6.61 Å². The Balaban J connectivity index is 3.27. The van der Waals surface area contributed by atoms with Crippen LogP contribution >= 0.6 is 11.6 Å². The van der Waals surface area contributed by atoms with E-state index in [-0.39, 0.29) is 34.9 Å². The molecule has 0 unspecified atom stereocenters. The Morgan fingerprint density at radius 3 is 2.72 bits per heavy atom. The average molecular weight is 272 g/mol. The van der Waals surface area contributed by atoms with E-state index in [2.05, 4.69) is 0 Å². The SMILES string of the molecule is CCOC(=O)Cc1c([N+](=O)[O-])ccc(Cl)c1C=O. The summed E-state index contributed by atoms with van der Waals surface area (Å²) in [4.78, 5) is 32.4. The number of hydrogen-bond donors (Lipinski definition) is 0. The monoisotopic (exact) mass is 271 g/mol. The molecule has 0 fully saturated rings. The molecule has 0 saturated heterocycles. The summed E-state index contributed by atoms with van der Waals surface area (Å²) in [5.74, 6) is -0.647. The molecule has 0 aliphatic rings. The second kappa shape index (κ2) is 6.11. The van der Waals surface area contributed by atoms with Crippen LogP contribution < -0.4 is 0 Å². The minimum atomic E-state index is -0.669. The van der Waals surface area contributed by atoms with E-state index in [1.165, 1.54) is 6.07 Å². The fourth-order valence-electron chi connectivity index (χ4n) is 1.47. The summed E-state index contributed by atoms with van der Waals surface area (Å²) in [6.45, 7) is 1.77. The molecule has 7 heteroatoms. The third-order valence-corrected chi connectivity index (χ3v) is 2.55. The Kier molecular flexibility index (Phi) is 4.79. The van der Waals surface area contributed by atoms with Crippen LogP contribution in [0, 0.1) is 10.1 Å². The largest absolute Gasteiger partial charge is 0.466 e. The first-order valence-corrected chi connectivity index (χ1v) is 5.45. The first-order chi connectivity index (χ1) is 8.51. The van der Waals surface area contributed by atoms with Crippen molar-refractivity contribution in [3.8, 4) is 0 Å². The number of nitro benzene ring substituents is 1. The number of carbonyl (C=O) groups excluding carboxylic acids is 2. The van der Waals surface area contributed by atoms with Gasteiger partial charge in [-0.15, -0.1) is 0 Å². The second-order valence-corrected chi connectivity index (χ2v) is 3.72. The molecule has 0 saturated carbocycles. The molecule has 0 atom stereocenters. The Hall–Kier alpha value is -1.95. The van der Waals surface area contributed by atoms with Gasteiger partial charge < -0.3 is 4.74 Å². The molecule has 0 aliphatic carbocycles. The van der Waals surface area contributed by atoms with E-state index in [1.807, 2.05) is 0 Å². The zero-order valence-electron chi connectivity index (χ0n) is 9.51. The van der Waals surface area contributed by atoms with Gasteiger partial charge in [0.05, 0.1) is 28.5 Å². The first-order valence-electron chi connectivity index (χ1n) is 5.07. The van der Waals surface area contributed by atoms with Crippen molar-refractivity contribution in [1.82, 2.24) is 0 Å². The number of rotatable bonds is 5. The first kappa shape index (κ1) is 14.1. The van der Waals surface area contributed by atoms with Crippen LogP contribution in [0.3, 0.4) is 0 Å². The van der Waals surface area contributed by atoms with Crippen molar-refractivity contribution in [3.05, 3.63) is 38.4 Å². The number of carbonyl (C=O) groups is 2. The third kappa shape index (κ3) is 3.04. The van der Waals surface area contributed by atoms with Crippen molar-refractivity contribution < 1.29 is 19.2 Å². The van der Waals surface area contributed by atoms with Gasteiger partial charge in [0.1, 0.15) is 0 Å². The molecule has 0 heterocycles. The molecule has 0 amide bonds. The molecule has 0 N–H and O–H groups in total. The van der Waals surface area contributed by atoms with Crippen molar-refractivity contribution in [3.63, 3.8) is 0 Å². The number of halogens is 1. The van der Waals surface area contributed by atoms with Crippen LogP contribution in [0.5, 0.6) is 0 Å². The molecule has 1 aromatic carbocycles. The maximum Gasteiger partial charge on any atom is 0.310 e. The van der Waals surface area contributed by atoms with Crippen LogP contribution in [-0.2, 0) is 16.0 Å². The Morgan fingerprint density at radius 1 is 1.56 bits per heavy atom. The molecule has 1 aromatic rings. The van der Waals surface area contributed by atoms with E-state index >= 15 is 0 Å². The zero-order valence-corrected chi connectivity index (χ0v) is 10.3. The van der Waals surface area contributed by atoms with Crippen LogP contribution in [0.4, 0.5) is 5.69 Å². The summed E-state index contributed by atoms with van der Waals surface area (Å²) in [5, 5.41) is 10.9. The lowest BCUT2D eigenvalue weighted by atomic mass is 10.0. The molecule has 0 bridgehead atoms. The minimum absolute atomic E-state index is 0.0269. The summed E-state index contributed by atoms with van der Waals surface area (Å²) in [7, 11) is 0. The van der Waals surface area contributed by atoms with Gasteiger partial charge in [-0.2, -0.15) is 0 Å². The van der Waals surface area contributed by atoms with Gasteiger partial charge in [0, 0.05) is 11.6 Å². The van der Waals surface area contributed by atoms with Crippen LogP contribution in [0.1, 0.15) is 22.8 Å². The van der Waals surface area contributed by atoms with Gasteiger partial charge in [-0.05, 0) is 13.0 Å². The topological polar surface area (TPSA) is 86.5 Å². The highest BCUT2D eigenvalue weighted by molar-refractivity contribution is 6.33. The minimum Gasteiger partial charge on any atom is -0.466 e. The Morgan fingerprint density at radius 2 is 2.22 bits per heavy atom. The fraction of sp³-hybridized carbons (Fsp3) is 0.273. The van der Waals surface area contributed by atoms with Crippen LogP contribution in [0.2, 0.25) is 5.02 Å². The van der Waals surface area contributed by atoms with E-state index < -0.39 is 10.9 Å². The number of ether oxygens (including phenoxy) is 1. The molecule has 18 heavy (non-hydrogen) atoms. The summed E-state index contributed by atoms with van der Waals surface area (Å²) < 4.78 is 4.70. The fourth-order valence-corrected chi connectivity index (χ4v) is 1.69. The van der Waals surface area contributed by atoms with Gasteiger partial charge in [0.15, 0.2) is 6.29 Å². The second-order valence-electron chi connectivity index (χ2n) is 3.32. The Bertz CT molecular complexity index is 500. The predicted octanol–water partition coefficient (Wildman–Crippen LogP) is 2.17. The van der Waals surface area contributed by atoms with Crippen molar-refractivity contribution >= 4 is 29.5 Å². The van der Waals surface area contributed by atoms with E-state index in [9.17, 15) is 19.7 Å². The molecule has 0 spiro atoms. The molecule has 6 nitrogen and oxygen atoms in total. The number of hydrogen-bond acceptors (Lipinski definition) is 5. The normalized spacial score (nSPS) is 9.89. The highest BCUT2D eigenvalue weighted by Gasteiger charge is 2.22. The van der Waals surface area contributed by atoms with Crippen LogP contribution in [-0.4, -0.2) is 23.8 Å². The standard InChI is InChI=1S/C11H10ClNO5/c1-2-18-11(15)5-7-8(6-14)9(12)3-4-10(7)13(16)17/h3-4,6H,2,5H2,1H3. The number of nitro groups is 1. The smallest absolute Gasteiger partial charge is 0.310 e. The summed E-state index contributed by atoms with van der Waals surface area (Å²) >= 11 is 5.76. The zero-order chi connectivity index (χ0) is 13.7. The lowest BCUT2D eigenvalue weighted by Gasteiger charge is -2.07. The van der Waals surface area contributed by atoms with Crippen molar-refractivity contribution in [2.45, 2.75) is 13.3 Å². The van der Waals surface area contributed by atoms with Crippen molar-refractivity contribution in [2.24, 2.45) is 0 Å². The van der Waals surface area contributed by atoms with Gasteiger partial charge in [-0.3, -0.25) is 19.7 Å². The molecular weight excluding hydrogens is 262 g/mol. The van der Waals surface area contributed by atoms with Crippen molar-refractivity contribution in [1.29, 1.82) is 0 Å². The average Bonchev–Trinajstić information content (AvgIpc) is 2.29. The summed E-state index contributed by atoms with van der Waals surface area (Å²) in [6, 6.07) is 2.40. The highest BCUT2D eigenvalue weighted by atomic mass is 35.5. The van der Waals surface area contributed by atoms with Gasteiger partial charge in [0.25, 0.3) is 5.69 Å². The lowest BCUT2D eigenvalue weighted by Crippen LogP contribution is -2.11. The molecule has 0 aromatic heterocycles. The van der Waals surface area contributed by atoms with E-state index in [0.29, 0.717) is 6.29 Å². The van der Waals surface area contributed by atoms with E-state index in [1.54, 1.807) is 6.92 Å². The number of esters is 1. The molecule has 0 radical (unpaired) electrons. The van der Waals surface area contributed by atoms with E-state index in [0.717, 1.165) is 6.07 Å². The van der Waals surface area contributed by atoms with Crippen LogP contribution in [0.15, 0.2) is 12.1 Å². The van der Waals surface area contributed by atoms with E-state index in [4.69, 9.17) is 16.3 Å². The molecule has 96 valence electrons. The number of benzene rings is 1. The quantitative estimate of drug-likeness (QED) is 0.354. The third-order valence-electron chi connectivity index (χ3n) is 2.22. The molecule has 0 aliphatic heterocycles. The van der Waals surface area contributed by atoms with Gasteiger partial charge in [-0.25, -0.2) is 0 Å². The van der Waals surface area contributed by atoms with Crippen LogP contribution in [0.25, 0.3) is 0 Å².